The van der Waals surface area contributed by atoms with Gasteiger partial charge in [0.15, 0.2) is 5.65 Å². The summed E-state index contributed by atoms with van der Waals surface area (Å²) >= 11 is 0. The second-order valence-electron chi connectivity index (χ2n) is 3.88. The van der Waals surface area contributed by atoms with E-state index < -0.39 is 0 Å². The highest BCUT2D eigenvalue weighted by atomic mass is 19.1. The van der Waals surface area contributed by atoms with Gasteiger partial charge in [-0.05, 0) is 18.2 Å². The van der Waals surface area contributed by atoms with Crippen molar-refractivity contribution in [2.24, 2.45) is 0 Å². The molecule has 3 rings (SSSR count). The molecule has 4 nitrogen and oxygen atoms in total. The summed E-state index contributed by atoms with van der Waals surface area (Å²) in [5, 5.41) is 7.24. The molecule has 2 aromatic heterocycles. The Bertz CT molecular complexity index is 644. The summed E-state index contributed by atoms with van der Waals surface area (Å²) in [4.78, 5) is 4.28. The fourth-order valence-electron chi connectivity index (χ4n) is 1.72. The number of hydrogen-bond donors (Lipinski definition) is 1. The monoisotopic (exact) mass is 242 g/mol. The predicted molar refractivity (Wildman–Crippen MR) is 66.7 cm³/mol. The zero-order chi connectivity index (χ0) is 12.4. The van der Waals surface area contributed by atoms with Gasteiger partial charge in [-0.1, -0.05) is 24.3 Å². The maximum absolute atomic E-state index is 13.4. The fourth-order valence-corrected chi connectivity index (χ4v) is 1.72. The molecular formula is C13H11FN4. The Kier molecular flexibility index (Phi) is 2.64. The zero-order valence-corrected chi connectivity index (χ0v) is 9.55. The third kappa shape index (κ3) is 2.02. The molecule has 0 atom stereocenters. The van der Waals surface area contributed by atoms with E-state index in [1.807, 2.05) is 24.4 Å². The van der Waals surface area contributed by atoms with Crippen LogP contribution in [0.1, 0.15) is 5.56 Å². The predicted octanol–water partition coefficient (Wildman–Crippen LogP) is 2.48. The second-order valence-corrected chi connectivity index (χ2v) is 3.88. The van der Waals surface area contributed by atoms with Crippen LogP contribution < -0.4 is 5.32 Å². The van der Waals surface area contributed by atoms with E-state index in [0.29, 0.717) is 18.1 Å². The molecule has 0 aliphatic heterocycles. The van der Waals surface area contributed by atoms with Gasteiger partial charge in [0.25, 0.3) is 0 Å². The van der Waals surface area contributed by atoms with Crippen molar-refractivity contribution in [1.29, 1.82) is 0 Å². The van der Waals surface area contributed by atoms with Crippen LogP contribution in [0.5, 0.6) is 0 Å². The quantitative estimate of drug-likeness (QED) is 0.767. The Morgan fingerprint density at radius 3 is 2.78 bits per heavy atom. The minimum absolute atomic E-state index is 0.228. The van der Waals surface area contributed by atoms with E-state index in [0.717, 1.165) is 5.65 Å². The number of hydrogen-bond acceptors (Lipinski definition) is 3. The Hall–Kier alpha value is -2.43. The van der Waals surface area contributed by atoms with Gasteiger partial charge >= 0.3 is 0 Å². The van der Waals surface area contributed by atoms with Gasteiger partial charge < -0.3 is 5.32 Å². The highest BCUT2D eigenvalue weighted by Crippen LogP contribution is 2.09. The molecule has 0 amide bonds. The first-order valence-electron chi connectivity index (χ1n) is 5.61. The lowest BCUT2D eigenvalue weighted by Crippen LogP contribution is -2.03. The van der Waals surface area contributed by atoms with Crippen molar-refractivity contribution in [3.05, 3.63) is 60.0 Å². The zero-order valence-electron chi connectivity index (χ0n) is 9.55. The molecule has 0 bridgehead atoms. The van der Waals surface area contributed by atoms with Crippen LogP contribution in [0, 0.1) is 5.82 Å². The number of pyridine rings is 1. The fraction of sp³-hybridized carbons (Fsp3) is 0.0769. The van der Waals surface area contributed by atoms with Crippen LogP contribution in [0.25, 0.3) is 5.65 Å². The molecule has 0 saturated carbocycles. The van der Waals surface area contributed by atoms with E-state index in [2.05, 4.69) is 15.4 Å². The third-order valence-corrected chi connectivity index (χ3v) is 2.64. The number of aromatic nitrogens is 3. The lowest BCUT2D eigenvalue weighted by Gasteiger charge is -2.02. The highest BCUT2D eigenvalue weighted by Gasteiger charge is 2.04. The van der Waals surface area contributed by atoms with E-state index in [-0.39, 0.29) is 5.82 Å². The van der Waals surface area contributed by atoms with E-state index in [4.69, 9.17) is 0 Å². The van der Waals surface area contributed by atoms with Crippen LogP contribution in [0.2, 0.25) is 0 Å². The Labute approximate surface area is 103 Å². The van der Waals surface area contributed by atoms with Crippen molar-refractivity contribution >= 4 is 11.6 Å². The van der Waals surface area contributed by atoms with Gasteiger partial charge in [-0.2, -0.15) is 4.98 Å². The van der Waals surface area contributed by atoms with Gasteiger partial charge in [-0.15, -0.1) is 5.10 Å². The van der Waals surface area contributed by atoms with Crippen LogP contribution in [-0.2, 0) is 6.54 Å². The first-order chi connectivity index (χ1) is 8.83. The van der Waals surface area contributed by atoms with Crippen LogP contribution in [0.3, 0.4) is 0 Å². The largest absolute Gasteiger partial charge is 0.349 e. The lowest BCUT2D eigenvalue weighted by atomic mass is 10.2. The van der Waals surface area contributed by atoms with Crippen molar-refractivity contribution in [3.63, 3.8) is 0 Å². The lowest BCUT2D eigenvalue weighted by molar-refractivity contribution is 0.612. The molecule has 18 heavy (non-hydrogen) atoms. The number of rotatable bonds is 3. The van der Waals surface area contributed by atoms with Crippen LogP contribution >= 0.6 is 0 Å². The number of halogens is 1. The summed E-state index contributed by atoms with van der Waals surface area (Å²) in [5.41, 5.74) is 1.35. The average molecular weight is 242 g/mol. The smallest absolute Gasteiger partial charge is 0.243 e. The number of benzene rings is 1. The summed E-state index contributed by atoms with van der Waals surface area (Å²) < 4.78 is 15.1. The van der Waals surface area contributed by atoms with E-state index >= 15 is 0 Å². The Balaban J connectivity index is 1.79. The molecule has 0 aliphatic rings. The van der Waals surface area contributed by atoms with Crippen LogP contribution in [0.15, 0.2) is 48.7 Å². The van der Waals surface area contributed by atoms with Crippen molar-refractivity contribution in [2.45, 2.75) is 6.54 Å². The number of nitrogens with zero attached hydrogens (tertiary/aromatic N) is 3. The van der Waals surface area contributed by atoms with Crippen LogP contribution in [-0.4, -0.2) is 14.6 Å². The van der Waals surface area contributed by atoms with Crippen LogP contribution in [0.4, 0.5) is 10.3 Å². The van der Waals surface area contributed by atoms with Gasteiger partial charge in [0.05, 0.1) is 0 Å². The van der Waals surface area contributed by atoms with Crippen molar-refractivity contribution in [1.82, 2.24) is 14.6 Å². The summed E-state index contributed by atoms with van der Waals surface area (Å²) in [5.74, 6) is 0.262. The van der Waals surface area contributed by atoms with Gasteiger partial charge in [0.2, 0.25) is 5.95 Å². The SMILES string of the molecule is Fc1ccccc1CNc1nc2ccccn2n1. The molecule has 1 aromatic carbocycles. The maximum Gasteiger partial charge on any atom is 0.243 e. The topological polar surface area (TPSA) is 42.2 Å². The summed E-state index contributed by atoms with van der Waals surface area (Å²) in [6, 6.07) is 12.3. The van der Waals surface area contributed by atoms with Crippen molar-refractivity contribution in [2.75, 3.05) is 5.32 Å². The summed E-state index contributed by atoms with van der Waals surface area (Å²) in [6.07, 6.45) is 1.82. The molecule has 2 heterocycles. The number of nitrogens with one attached hydrogen (secondary N) is 1. The number of fused-ring (bicyclic) bond motifs is 1. The molecule has 0 saturated heterocycles. The molecule has 1 N–H and O–H groups in total. The molecule has 0 radical (unpaired) electrons. The third-order valence-electron chi connectivity index (χ3n) is 2.64. The van der Waals surface area contributed by atoms with E-state index in [9.17, 15) is 4.39 Å². The molecule has 0 spiro atoms. The normalized spacial score (nSPS) is 10.7. The minimum Gasteiger partial charge on any atom is -0.349 e. The van der Waals surface area contributed by atoms with Gasteiger partial charge in [0, 0.05) is 18.3 Å². The minimum atomic E-state index is -0.228. The second kappa shape index (κ2) is 4.44. The molecule has 0 unspecified atom stereocenters. The Morgan fingerprint density at radius 2 is 1.94 bits per heavy atom. The molecule has 5 heteroatoms. The summed E-state index contributed by atoms with van der Waals surface area (Å²) in [7, 11) is 0. The molecule has 0 aliphatic carbocycles. The number of anilines is 1. The Morgan fingerprint density at radius 1 is 1.11 bits per heavy atom. The molecule has 90 valence electrons. The summed E-state index contributed by atoms with van der Waals surface area (Å²) in [6.45, 7) is 0.365. The first kappa shape index (κ1) is 10.7. The highest BCUT2D eigenvalue weighted by molar-refractivity contribution is 5.43. The maximum atomic E-state index is 13.4. The molecular weight excluding hydrogens is 231 g/mol. The van der Waals surface area contributed by atoms with Gasteiger partial charge in [-0.3, -0.25) is 0 Å². The van der Waals surface area contributed by atoms with Crippen molar-refractivity contribution in [3.8, 4) is 0 Å². The van der Waals surface area contributed by atoms with Gasteiger partial charge in [-0.25, -0.2) is 8.91 Å². The molecule has 0 fully saturated rings. The first-order valence-corrected chi connectivity index (χ1v) is 5.61. The van der Waals surface area contributed by atoms with E-state index in [1.54, 1.807) is 22.7 Å². The van der Waals surface area contributed by atoms with E-state index in [1.165, 1.54) is 6.07 Å². The molecule has 3 aromatic rings. The average Bonchev–Trinajstić information content (AvgIpc) is 2.80. The standard InChI is InChI=1S/C13H11FN4/c14-11-6-2-1-5-10(11)9-15-13-16-12-7-3-4-8-18(12)17-13/h1-8H,9H2,(H,15,17). The van der Waals surface area contributed by atoms with Crippen molar-refractivity contribution < 1.29 is 4.39 Å². The van der Waals surface area contributed by atoms with Gasteiger partial charge in [0.1, 0.15) is 5.82 Å².